The molecule has 0 spiro atoms. The number of benzene rings is 1. The number of rotatable bonds is 3. The molecule has 23 heavy (non-hydrogen) atoms. The number of amides is 1. The fourth-order valence-corrected chi connectivity index (χ4v) is 2.98. The third kappa shape index (κ3) is 4.13. The van der Waals surface area contributed by atoms with Crippen LogP contribution in [-0.4, -0.2) is 34.8 Å². The van der Waals surface area contributed by atoms with Gasteiger partial charge in [0.15, 0.2) is 0 Å². The van der Waals surface area contributed by atoms with Crippen LogP contribution in [0.25, 0.3) is 5.69 Å². The summed E-state index contributed by atoms with van der Waals surface area (Å²) >= 11 is 3.42. The van der Waals surface area contributed by atoms with E-state index in [4.69, 9.17) is 0 Å². The van der Waals surface area contributed by atoms with Crippen LogP contribution in [0.3, 0.4) is 0 Å². The fourth-order valence-electron chi connectivity index (χ4n) is 2.71. The Bertz CT molecular complexity index is 665. The van der Waals surface area contributed by atoms with Gasteiger partial charge in [-0.15, -0.1) is 12.4 Å². The molecular formula is C16H20BrClN4O. The first-order chi connectivity index (χ1) is 10.6. The number of carbonyl (C=O) groups is 1. The number of nitrogens with one attached hydrogen (secondary N) is 2. The molecule has 0 radical (unpaired) electrons. The minimum atomic E-state index is -0.0467. The van der Waals surface area contributed by atoms with Crippen LogP contribution in [0.1, 0.15) is 28.9 Å². The van der Waals surface area contributed by atoms with Crippen LogP contribution in [-0.2, 0) is 0 Å². The number of nitrogens with zero attached hydrogens (tertiary/aromatic N) is 2. The quantitative estimate of drug-likeness (QED) is 0.834. The van der Waals surface area contributed by atoms with Gasteiger partial charge < -0.3 is 10.6 Å². The van der Waals surface area contributed by atoms with Crippen molar-refractivity contribution >= 4 is 34.2 Å². The van der Waals surface area contributed by atoms with Crippen molar-refractivity contribution in [3.63, 3.8) is 0 Å². The molecule has 7 heteroatoms. The summed E-state index contributed by atoms with van der Waals surface area (Å²) in [6.45, 7) is 3.79. The van der Waals surface area contributed by atoms with E-state index >= 15 is 0 Å². The van der Waals surface area contributed by atoms with Crippen molar-refractivity contribution in [2.75, 3.05) is 13.1 Å². The first kappa shape index (κ1) is 18.0. The number of hydrogen-bond donors (Lipinski definition) is 2. The summed E-state index contributed by atoms with van der Waals surface area (Å²) in [6.07, 6.45) is 3.77. The molecule has 2 N–H and O–H groups in total. The average Bonchev–Trinajstić information content (AvgIpc) is 2.91. The lowest BCUT2D eigenvalue weighted by Gasteiger charge is -2.23. The molecule has 1 aliphatic rings. The Kier molecular flexibility index (Phi) is 6.21. The molecule has 0 aliphatic carbocycles. The summed E-state index contributed by atoms with van der Waals surface area (Å²) in [7, 11) is 0. The third-order valence-corrected chi connectivity index (χ3v) is 4.49. The van der Waals surface area contributed by atoms with E-state index < -0.39 is 0 Å². The first-order valence-corrected chi connectivity index (χ1v) is 8.26. The molecule has 1 aromatic carbocycles. The van der Waals surface area contributed by atoms with Crippen LogP contribution in [0.15, 0.2) is 34.9 Å². The normalized spacial score (nSPS) is 17.4. The highest BCUT2D eigenvalue weighted by molar-refractivity contribution is 9.10. The van der Waals surface area contributed by atoms with Gasteiger partial charge in [0.25, 0.3) is 5.91 Å². The highest BCUT2D eigenvalue weighted by atomic mass is 79.9. The fraction of sp³-hybridized carbons (Fsp3) is 0.375. The third-order valence-electron chi connectivity index (χ3n) is 3.96. The van der Waals surface area contributed by atoms with E-state index in [2.05, 4.69) is 31.7 Å². The molecule has 0 bridgehead atoms. The lowest BCUT2D eigenvalue weighted by molar-refractivity contribution is 0.0930. The number of piperidine rings is 1. The van der Waals surface area contributed by atoms with Crippen molar-refractivity contribution in [2.45, 2.75) is 25.8 Å². The molecule has 3 rings (SSSR count). The van der Waals surface area contributed by atoms with E-state index in [-0.39, 0.29) is 24.4 Å². The van der Waals surface area contributed by atoms with Crippen molar-refractivity contribution in [1.82, 2.24) is 20.4 Å². The summed E-state index contributed by atoms with van der Waals surface area (Å²) < 4.78 is 2.81. The molecule has 1 atom stereocenters. The number of aromatic nitrogens is 2. The van der Waals surface area contributed by atoms with Gasteiger partial charge in [0.1, 0.15) is 0 Å². The van der Waals surface area contributed by atoms with Gasteiger partial charge in [-0.1, -0.05) is 15.9 Å². The molecule has 0 saturated carbocycles. The van der Waals surface area contributed by atoms with Gasteiger partial charge in [0.05, 0.1) is 23.1 Å². The summed E-state index contributed by atoms with van der Waals surface area (Å²) in [5, 5.41) is 10.7. The van der Waals surface area contributed by atoms with Crippen LogP contribution in [0.5, 0.6) is 0 Å². The zero-order valence-electron chi connectivity index (χ0n) is 12.9. The summed E-state index contributed by atoms with van der Waals surface area (Å²) in [4.78, 5) is 12.4. The molecule has 124 valence electrons. The van der Waals surface area contributed by atoms with E-state index in [0.29, 0.717) is 5.56 Å². The largest absolute Gasteiger partial charge is 0.348 e. The second-order valence-corrected chi connectivity index (χ2v) is 6.46. The first-order valence-electron chi connectivity index (χ1n) is 7.47. The average molecular weight is 400 g/mol. The van der Waals surface area contributed by atoms with Crippen molar-refractivity contribution in [3.05, 3.63) is 46.2 Å². The number of carbonyl (C=O) groups excluding carboxylic acids is 1. The van der Waals surface area contributed by atoms with Crippen LogP contribution in [0.2, 0.25) is 0 Å². The molecule has 2 heterocycles. The van der Waals surface area contributed by atoms with Crippen LogP contribution in [0.4, 0.5) is 0 Å². The molecular weight excluding hydrogens is 380 g/mol. The zero-order chi connectivity index (χ0) is 15.5. The maximum absolute atomic E-state index is 12.4. The Hall–Kier alpha value is -1.37. The smallest absolute Gasteiger partial charge is 0.255 e. The van der Waals surface area contributed by atoms with Crippen LogP contribution < -0.4 is 10.6 Å². The Balaban J connectivity index is 0.00000192. The van der Waals surface area contributed by atoms with E-state index in [1.165, 1.54) is 0 Å². The molecule has 1 saturated heterocycles. The highest BCUT2D eigenvalue weighted by Crippen LogP contribution is 2.17. The molecule has 5 nitrogen and oxygen atoms in total. The molecule has 1 aliphatic heterocycles. The van der Waals surface area contributed by atoms with Crippen LogP contribution >= 0.6 is 28.3 Å². The summed E-state index contributed by atoms with van der Waals surface area (Å²) in [6, 6.07) is 8.07. The molecule has 1 unspecified atom stereocenters. The molecule has 2 aromatic rings. The minimum Gasteiger partial charge on any atom is -0.348 e. The lowest BCUT2D eigenvalue weighted by Crippen LogP contribution is -2.45. The summed E-state index contributed by atoms with van der Waals surface area (Å²) in [5.41, 5.74) is 2.43. The zero-order valence-corrected chi connectivity index (χ0v) is 15.3. The highest BCUT2D eigenvalue weighted by Gasteiger charge is 2.20. The van der Waals surface area contributed by atoms with Crippen molar-refractivity contribution < 1.29 is 4.79 Å². The van der Waals surface area contributed by atoms with E-state index in [1.54, 1.807) is 10.9 Å². The van der Waals surface area contributed by atoms with Gasteiger partial charge in [-0.3, -0.25) is 4.79 Å². The lowest BCUT2D eigenvalue weighted by atomic mass is 10.1. The standard InChI is InChI=1S/C16H19BrN4O.ClH/c1-11-15(16(22)20-13-3-2-8-18-9-13)10-19-21(11)14-6-4-12(17)5-7-14;/h4-7,10,13,18H,2-3,8-9H2,1H3,(H,20,22);1H. The monoisotopic (exact) mass is 398 g/mol. The molecule has 1 amide bonds. The summed E-state index contributed by atoms with van der Waals surface area (Å²) in [5.74, 6) is -0.0467. The SMILES string of the molecule is Cc1c(C(=O)NC2CCCNC2)cnn1-c1ccc(Br)cc1.Cl. The topological polar surface area (TPSA) is 59.0 Å². The molecule has 1 fully saturated rings. The number of hydrogen-bond acceptors (Lipinski definition) is 3. The number of halogens is 2. The minimum absolute atomic E-state index is 0. The second kappa shape index (κ2) is 7.95. The second-order valence-electron chi connectivity index (χ2n) is 5.55. The van der Waals surface area contributed by atoms with Gasteiger partial charge in [-0.2, -0.15) is 5.10 Å². The van der Waals surface area contributed by atoms with Gasteiger partial charge in [-0.25, -0.2) is 4.68 Å². The van der Waals surface area contributed by atoms with Crippen molar-refractivity contribution in [2.24, 2.45) is 0 Å². The van der Waals surface area contributed by atoms with Gasteiger partial charge in [0, 0.05) is 17.1 Å². The van der Waals surface area contributed by atoms with E-state index in [1.807, 2.05) is 31.2 Å². The van der Waals surface area contributed by atoms with Crippen molar-refractivity contribution in [1.29, 1.82) is 0 Å². The maximum atomic E-state index is 12.4. The van der Waals surface area contributed by atoms with E-state index in [0.717, 1.165) is 41.8 Å². The van der Waals surface area contributed by atoms with Crippen molar-refractivity contribution in [3.8, 4) is 5.69 Å². The molecule has 1 aromatic heterocycles. The van der Waals surface area contributed by atoms with E-state index in [9.17, 15) is 4.79 Å². The predicted molar refractivity (Wildman–Crippen MR) is 96.6 cm³/mol. The van der Waals surface area contributed by atoms with Gasteiger partial charge >= 0.3 is 0 Å². The van der Waals surface area contributed by atoms with Gasteiger partial charge in [0.2, 0.25) is 0 Å². The van der Waals surface area contributed by atoms with Gasteiger partial charge in [-0.05, 0) is 50.6 Å². The van der Waals surface area contributed by atoms with Crippen LogP contribution in [0, 0.1) is 6.92 Å². The Labute approximate surface area is 150 Å². The predicted octanol–water partition coefficient (Wildman–Crippen LogP) is 2.85. The Morgan fingerprint density at radius 1 is 1.39 bits per heavy atom. The Morgan fingerprint density at radius 3 is 2.78 bits per heavy atom. The maximum Gasteiger partial charge on any atom is 0.255 e. The Morgan fingerprint density at radius 2 is 2.13 bits per heavy atom.